The minimum atomic E-state index is -1.28. The van der Waals surface area contributed by atoms with E-state index in [0.29, 0.717) is 15.6 Å². The van der Waals surface area contributed by atoms with E-state index in [2.05, 4.69) is 29.2 Å². The van der Waals surface area contributed by atoms with Crippen molar-refractivity contribution in [2.75, 3.05) is 4.43 Å². The topological polar surface area (TPSA) is 37.4 Å². The molecule has 1 heterocycles. The number of hydrogen-bond donors (Lipinski definition) is 0. The number of carbonyl (C=O) groups is 2. The predicted octanol–water partition coefficient (Wildman–Crippen LogP) is 3.00. The van der Waals surface area contributed by atoms with Gasteiger partial charge in [-0.15, -0.1) is 6.58 Å². The minimum Gasteiger partial charge on any atom is -0.269 e. The molecular formula is C14H13FINO2. The molecule has 0 saturated heterocycles. The van der Waals surface area contributed by atoms with Crippen LogP contribution in [0.5, 0.6) is 0 Å². The van der Waals surface area contributed by atoms with E-state index in [1.54, 1.807) is 24.3 Å². The Kier molecular flexibility index (Phi) is 4.34. The highest BCUT2D eigenvalue weighted by molar-refractivity contribution is 14.1. The molecule has 2 atom stereocenters. The van der Waals surface area contributed by atoms with Crippen molar-refractivity contribution < 1.29 is 14.0 Å². The Labute approximate surface area is 124 Å². The molecule has 1 aromatic carbocycles. The van der Waals surface area contributed by atoms with Crippen LogP contribution in [0, 0.1) is 0 Å². The number of imide groups is 1. The second kappa shape index (κ2) is 5.81. The Morgan fingerprint density at radius 3 is 2.21 bits per heavy atom. The number of halogens is 2. The summed E-state index contributed by atoms with van der Waals surface area (Å²) in [5.74, 6) is -0.886. The van der Waals surface area contributed by atoms with E-state index in [-0.39, 0.29) is 6.42 Å². The molecule has 1 aliphatic rings. The Hall–Kier alpha value is -1.24. The van der Waals surface area contributed by atoms with Crippen molar-refractivity contribution in [3.63, 3.8) is 0 Å². The summed E-state index contributed by atoms with van der Waals surface area (Å²) in [7, 11) is 0. The molecule has 0 radical (unpaired) electrons. The summed E-state index contributed by atoms with van der Waals surface area (Å²) in [6.07, 6.45) is 0.333. The normalized spacial score (nSPS) is 17.3. The first-order valence-corrected chi connectivity index (χ1v) is 7.44. The molecule has 0 aromatic heterocycles. The van der Waals surface area contributed by atoms with E-state index < -0.39 is 24.0 Å². The van der Waals surface area contributed by atoms with Gasteiger partial charge in [-0.2, -0.15) is 0 Å². The third-order valence-electron chi connectivity index (χ3n) is 3.12. The molecule has 100 valence electrons. The Morgan fingerprint density at radius 2 is 1.79 bits per heavy atom. The molecule has 1 aliphatic heterocycles. The Morgan fingerprint density at radius 1 is 1.26 bits per heavy atom. The fourth-order valence-corrected chi connectivity index (χ4v) is 2.76. The van der Waals surface area contributed by atoms with Crippen LogP contribution in [-0.4, -0.2) is 33.4 Å². The number of fused-ring (bicyclic) bond motifs is 1. The molecule has 2 unspecified atom stereocenters. The maximum absolute atomic E-state index is 14.1. The molecule has 19 heavy (non-hydrogen) atoms. The van der Waals surface area contributed by atoms with Crippen LogP contribution >= 0.6 is 22.6 Å². The first kappa shape index (κ1) is 14.2. The van der Waals surface area contributed by atoms with Crippen molar-refractivity contribution in [1.29, 1.82) is 0 Å². The van der Waals surface area contributed by atoms with Gasteiger partial charge in [0.25, 0.3) is 11.8 Å². The zero-order valence-electron chi connectivity index (χ0n) is 10.2. The Bertz CT molecular complexity index is 497. The first-order valence-electron chi connectivity index (χ1n) is 5.91. The van der Waals surface area contributed by atoms with Crippen molar-refractivity contribution in [2.24, 2.45) is 0 Å². The summed E-state index contributed by atoms with van der Waals surface area (Å²) in [4.78, 5) is 25.4. The van der Waals surface area contributed by atoms with Gasteiger partial charge in [-0.3, -0.25) is 14.5 Å². The average Bonchev–Trinajstić information content (AvgIpc) is 2.66. The van der Waals surface area contributed by atoms with Crippen molar-refractivity contribution in [2.45, 2.75) is 18.6 Å². The van der Waals surface area contributed by atoms with Crippen LogP contribution in [0.1, 0.15) is 27.1 Å². The summed E-state index contributed by atoms with van der Waals surface area (Å²) in [6.45, 7) is 3.55. The van der Waals surface area contributed by atoms with E-state index in [1.807, 2.05) is 0 Å². The third kappa shape index (κ3) is 2.43. The molecule has 0 aliphatic carbocycles. The van der Waals surface area contributed by atoms with Gasteiger partial charge in [-0.05, 0) is 18.6 Å². The first-order chi connectivity index (χ1) is 9.11. The van der Waals surface area contributed by atoms with Crippen LogP contribution in [0.2, 0.25) is 0 Å². The SMILES string of the molecule is C=CC(C(F)CCI)N1C(=O)c2ccccc2C1=O. The van der Waals surface area contributed by atoms with E-state index in [0.717, 1.165) is 4.90 Å². The number of benzene rings is 1. The van der Waals surface area contributed by atoms with Gasteiger partial charge in [-0.25, -0.2) is 4.39 Å². The lowest BCUT2D eigenvalue weighted by Gasteiger charge is -2.25. The summed E-state index contributed by atoms with van der Waals surface area (Å²) >= 11 is 2.06. The largest absolute Gasteiger partial charge is 0.269 e. The second-order valence-electron chi connectivity index (χ2n) is 4.25. The molecule has 1 aromatic rings. The molecular weight excluding hydrogens is 360 g/mol. The highest BCUT2D eigenvalue weighted by atomic mass is 127. The van der Waals surface area contributed by atoms with Crippen LogP contribution in [0.25, 0.3) is 0 Å². The zero-order chi connectivity index (χ0) is 14.0. The fraction of sp³-hybridized carbons (Fsp3) is 0.286. The lowest BCUT2D eigenvalue weighted by molar-refractivity contribution is 0.0542. The standard InChI is InChI=1S/C14H13FINO2/c1-2-12(11(15)7-8-16)17-13(18)9-5-3-4-6-10(9)14(17)19/h2-6,11-12H,1,7-8H2. The maximum Gasteiger partial charge on any atom is 0.262 e. The molecule has 0 saturated carbocycles. The van der Waals surface area contributed by atoms with Gasteiger partial charge in [0.15, 0.2) is 0 Å². The lowest BCUT2D eigenvalue weighted by Crippen LogP contribution is -2.44. The van der Waals surface area contributed by atoms with Gasteiger partial charge >= 0.3 is 0 Å². The van der Waals surface area contributed by atoms with Gasteiger partial charge in [0.2, 0.25) is 0 Å². The van der Waals surface area contributed by atoms with Crippen molar-refractivity contribution in [3.8, 4) is 0 Å². The van der Waals surface area contributed by atoms with Crippen molar-refractivity contribution in [1.82, 2.24) is 4.90 Å². The highest BCUT2D eigenvalue weighted by Gasteiger charge is 2.41. The quantitative estimate of drug-likeness (QED) is 0.345. The summed E-state index contributed by atoms with van der Waals surface area (Å²) in [6, 6.07) is 5.65. The summed E-state index contributed by atoms with van der Waals surface area (Å²) in [5.41, 5.74) is 0.669. The van der Waals surface area contributed by atoms with Gasteiger partial charge < -0.3 is 0 Å². The highest BCUT2D eigenvalue weighted by Crippen LogP contribution is 2.27. The van der Waals surface area contributed by atoms with E-state index in [4.69, 9.17) is 0 Å². The van der Waals surface area contributed by atoms with Crippen LogP contribution in [0.15, 0.2) is 36.9 Å². The van der Waals surface area contributed by atoms with Crippen molar-refractivity contribution in [3.05, 3.63) is 48.0 Å². The number of alkyl halides is 2. The molecule has 0 N–H and O–H groups in total. The summed E-state index contributed by atoms with van der Waals surface area (Å²) < 4.78 is 14.7. The monoisotopic (exact) mass is 373 g/mol. The van der Waals surface area contributed by atoms with E-state index in [1.165, 1.54) is 6.08 Å². The number of carbonyl (C=O) groups excluding carboxylic acids is 2. The van der Waals surface area contributed by atoms with Gasteiger partial charge in [0, 0.05) is 4.43 Å². The van der Waals surface area contributed by atoms with Crippen molar-refractivity contribution >= 4 is 34.4 Å². The predicted molar refractivity (Wildman–Crippen MR) is 79.3 cm³/mol. The average molecular weight is 373 g/mol. The zero-order valence-corrected chi connectivity index (χ0v) is 12.3. The molecule has 2 rings (SSSR count). The molecule has 5 heteroatoms. The van der Waals surface area contributed by atoms with E-state index >= 15 is 0 Å². The molecule has 0 fully saturated rings. The number of amides is 2. The lowest BCUT2D eigenvalue weighted by atomic mass is 10.1. The second-order valence-corrected chi connectivity index (χ2v) is 5.32. The van der Waals surface area contributed by atoms with Crippen LogP contribution in [0.4, 0.5) is 4.39 Å². The number of nitrogens with zero attached hydrogens (tertiary/aromatic N) is 1. The fourth-order valence-electron chi connectivity index (χ4n) is 2.17. The molecule has 2 amide bonds. The van der Waals surface area contributed by atoms with Gasteiger partial charge in [0.05, 0.1) is 17.2 Å². The van der Waals surface area contributed by atoms with E-state index in [9.17, 15) is 14.0 Å². The van der Waals surface area contributed by atoms with Gasteiger partial charge in [0.1, 0.15) is 6.17 Å². The van der Waals surface area contributed by atoms with Crippen LogP contribution < -0.4 is 0 Å². The van der Waals surface area contributed by atoms with Gasteiger partial charge in [-0.1, -0.05) is 40.8 Å². The van der Waals surface area contributed by atoms with Crippen LogP contribution in [-0.2, 0) is 0 Å². The minimum absolute atomic E-state index is 0.282. The smallest absolute Gasteiger partial charge is 0.262 e. The maximum atomic E-state index is 14.1. The molecule has 3 nitrogen and oxygen atoms in total. The molecule has 0 spiro atoms. The Balaban J connectivity index is 2.35. The molecule has 0 bridgehead atoms. The van der Waals surface area contributed by atoms with Crippen LogP contribution in [0.3, 0.4) is 0 Å². The summed E-state index contributed by atoms with van der Waals surface area (Å²) in [5, 5.41) is 0. The number of rotatable bonds is 5. The third-order valence-corrected chi connectivity index (χ3v) is 3.74. The number of hydrogen-bond acceptors (Lipinski definition) is 2.